The molecule has 0 saturated carbocycles. The largest absolute Gasteiger partial charge is 0.377 e. The van der Waals surface area contributed by atoms with Crippen LogP contribution >= 0.6 is 0 Å². The van der Waals surface area contributed by atoms with Crippen molar-refractivity contribution in [3.63, 3.8) is 0 Å². The number of ether oxygens (including phenoxy) is 1. The van der Waals surface area contributed by atoms with Crippen LogP contribution in [-0.2, 0) is 14.3 Å². The predicted octanol–water partition coefficient (Wildman–Crippen LogP) is -0.340. The molecule has 1 saturated heterocycles. The molecule has 0 radical (unpaired) electrons. The second-order valence-electron chi connectivity index (χ2n) is 4.62. The Morgan fingerprint density at radius 1 is 1.40 bits per heavy atom. The number of nitrogens with one attached hydrogen (secondary N) is 1. The lowest BCUT2D eigenvalue weighted by atomic mass is 10.0. The van der Waals surface area contributed by atoms with Crippen LogP contribution in [0.15, 0.2) is 30.3 Å². The van der Waals surface area contributed by atoms with Gasteiger partial charge in [-0.05, 0) is 5.56 Å². The molecule has 3 N–H and O–H groups in total. The van der Waals surface area contributed by atoms with Crippen molar-refractivity contribution in [2.24, 2.45) is 5.73 Å². The number of benzene rings is 1. The molecule has 2 rings (SSSR count). The van der Waals surface area contributed by atoms with Gasteiger partial charge in [0.05, 0.1) is 13.2 Å². The average Bonchev–Trinajstić information content (AvgIpc) is 2.53. The minimum Gasteiger partial charge on any atom is -0.377 e. The zero-order chi connectivity index (χ0) is 14.5. The van der Waals surface area contributed by atoms with Gasteiger partial charge in [0.2, 0.25) is 11.8 Å². The van der Waals surface area contributed by atoms with Crippen molar-refractivity contribution in [3.8, 4) is 0 Å². The molecular weight excluding hydrogens is 258 g/mol. The monoisotopic (exact) mass is 277 g/mol. The first kappa shape index (κ1) is 14.5. The lowest BCUT2D eigenvalue weighted by Gasteiger charge is -2.35. The van der Waals surface area contributed by atoms with Crippen molar-refractivity contribution in [1.82, 2.24) is 10.2 Å². The molecule has 20 heavy (non-hydrogen) atoms. The number of nitrogens with two attached hydrogens (primary N) is 1. The van der Waals surface area contributed by atoms with Crippen LogP contribution in [0.3, 0.4) is 0 Å². The maximum Gasteiger partial charge on any atom is 0.244 e. The van der Waals surface area contributed by atoms with E-state index in [2.05, 4.69) is 5.32 Å². The molecule has 0 aromatic heterocycles. The Labute approximate surface area is 117 Å². The molecule has 0 spiro atoms. The molecule has 1 aliphatic heterocycles. The summed E-state index contributed by atoms with van der Waals surface area (Å²) in [5, 5.41) is 2.54. The molecule has 1 fully saturated rings. The molecule has 1 heterocycles. The number of rotatable bonds is 3. The van der Waals surface area contributed by atoms with Gasteiger partial charge in [-0.1, -0.05) is 30.3 Å². The van der Waals surface area contributed by atoms with Gasteiger partial charge in [-0.2, -0.15) is 0 Å². The van der Waals surface area contributed by atoms with Crippen molar-refractivity contribution in [3.05, 3.63) is 35.9 Å². The summed E-state index contributed by atoms with van der Waals surface area (Å²) in [6.45, 7) is 0.991. The number of hydrogen-bond donors (Lipinski definition) is 2. The van der Waals surface area contributed by atoms with E-state index in [4.69, 9.17) is 10.5 Å². The van der Waals surface area contributed by atoms with Crippen LogP contribution in [0.2, 0.25) is 0 Å². The topological polar surface area (TPSA) is 84.7 Å². The van der Waals surface area contributed by atoms with Gasteiger partial charge in [-0.15, -0.1) is 0 Å². The molecule has 6 heteroatoms. The summed E-state index contributed by atoms with van der Waals surface area (Å²) in [4.78, 5) is 25.8. The fourth-order valence-corrected chi connectivity index (χ4v) is 2.23. The summed E-state index contributed by atoms with van der Waals surface area (Å²) in [5.41, 5.74) is 6.75. The molecule has 2 atom stereocenters. The Kier molecular flexibility index (Phi) is 4.70. The zero-order valence-corrected chi connectivity index (χ0v) is 11.4. The third-order valence-electron chi connectivity index (χ3n) is 3.39. The van der Waals surface area contributed by atoms with Gasteiger partial charge >= 0.3 is 0 Å². The summed E-state index contributed by atoms with van der Waals surface area (Å²) < 4.78 is 5.28. The minimum absolute atomic E-state index is 0.201. The molecule has 1 unspecified atom stereocenters. The molecule has 2 amide bonds. The van der Waals surface area contributed by atoms with Crippen LogP contribution in [0, 0.1) is 0 Å². The highest BCUT2D eigenvalue weighted by molar-refractivity contribution is 5.90. The van der Waals surface area contributed by atoms with Crippen molar-refractivity contribution in [1.29, 1.82) is 0 Å². The van der Waals surface area contributed by atoms with E-state index in [1.54, 1.807) is 12.1 Å². The number of amides is 2. The standard InChI is InChI=1S/C14H19N3O3/c1-16-13(18)11-9-20-8-7-17(11)14(19)12(15)10-5-3-2-4-6-10/h2-6,11-12H,7-9,15H2,1H3,(H,16,18)/t11?,12-/m1/s1. The number of carbonyl (C=O) groups excluding carboxylic acids is 2. The van der Waals surface area contributed by atoms with Crippen LogP contribution in [0.1, 0.15) is 11.6 Å². The molecule has 108 valence electrons. The first-order chi connectivity index (χ1) is 9.65. The summed E-state index contributed by atoms with van der Waals surface area (Å²) in [6.07, 6.45) is 0. The molecule has 6 nitrogen and oxygen atoms in total. The summed E-state index contributed by atoms with van der Waals surface area (Å²) in [5.74, 6) is -0.494. The smallest absolute Gasteiger partial charge is 0.244 e. The molecule has 1 aromatic rings. The third-order valence-corrected chi connectivity index (χ3v) is 3.39. The SMILES string of the molecule is CNC(=O)C1COCCN1C(=O)[C@H](N)c1ccccc1. The Hall–Kier alpha value is -1.92. The Balaban J connectivity index is 2.15. The number of carbonyl (C=O) groups is 2. The van der Waals surface area contributed by atoms with Crippen LogP contribution < -0.4 is 11.1 Å². The van der Waals surface area contributed by atoms with Gasteiger partial charge in [0, 0.05) is 13.6 Å². The van der Waals surface area contributed by atoms with Crippen LogP contribution in [0.25, 0.3) is 0 Å². The minimum atomic E-state index is -0.763. The van der Waals surface area contributed by atoms with Gasteiger partial charge in [0.1, 0.15) is 12.1 Å². The van der Waals surface area contributed by atoms with Crippen LogP contribution in [0.4, 0.5) is 0 Å². The normalized spacial score (nSPS) is 20.3. The fraction of sp³-hybridized carbons (Fsp3) is 0.429. The van der Waals surface area contributed by atoms with E-state index in [1.165, 1.54) is 11.9 Å². The van der Waals surface area contributed by atoms with E-state index < -0.39 is 12.1 Å². The van der Waals surface area contributed by atoms with E-state index in [1.807, 2.05) is 18.2 Å². The van der Waals surface area contributed by atoms with Crippen molar-refractivity contribution < 1.29 is 14.3 Å². The number of likely N-dealkylation sites (N-methyl/N-ethyl adjacent to an activating group) is 1. The van der Waals surface area contributed by atoms with Crippen molar-refractivity contribution in [2.75, 3.05) is 26.8 Å². The average molecular weight is 277 g/mol. The molecule has 1 aliphatic rings. The molecule has 0 bridgehead atoms. The molecule has 0 aliphatic carbocycles. The lowest BCUT2D eigenvalue weighted by molar-refractivity contribution is -0.149. The van der Waals surface area contributed by atoms with Gasteiger partial charge in [-0.25, -0.2) is 0 Å². The Morgan fingerprint density at radius 2 is 2.10 bits per heavy atom. The van der Waals surface area contributed by atoms with Crippen molar-refractivity contribution in [2.45, 2.75) is 12.1 Å². The molecule has 1 aromatic carbocycles. The van der Waals surface area contributed by atoms with Gasteiger partial charge in [0.15, 0.2) is 0 Å². The highest BCUT2D eigenvalue weighted by atomic mass is 16.5. The number of nitrogens with zero attached hydrogens (tertiary/aromatic N) is 1. The van der Waals surface area contributed by atoms with E-state index >= 15 is 0 Å². The number of hydrogen-bond acceptors (Lipinski definition) is 4. The first-order valence-corrected chi connectivity index (χ1v) is 6.55. The maximum atomic E-state index is 12.5. The van der Waals surface area contributed by atoms with Crippen LogP contribution in [0.5, 0.6) is 0 Å². The third kappa shape index (κ3) is 2.97. The summed E-state index contributed by atoms with van der Waals surface area (Å²) in [7, 11) is 1.54. The van der Waals surface area contributed by atoms with E-state index in [-0.39, 0.29) is 18.4 Å². The zero-order valence-electron chi connectivity index (χ0n) is 11.4. The highest BCUT2D eigenvalue weighted by Gasteiger charge is 2.34. The van der Waals surface area contributed by atoms with E-state index in [9.17, 15) is 9.59 Å². The second-order valence-corrected chi connectivity index (χ2v) is 4.62. The second kappa shape index (κ2) is 6.49. The quantitative estimate of drug-likeness (QED) is 0.791. The van der Waals surface area contributed by atoms with Crippen LogP contribution in [-0.4, -0.2) is 49.6 Å². The van der Waals surface area contributed by atoms with Crippen molar-refractivity contribution >= 4 is 11.8 Å². The summed E-state index contributed by atoms with van der Waals surface area (Å²) >= 11 is 0. The summed E-state index contributed by atoms with van der Waals surface area (Å²) in [6, 6.07) is 7.76. The Bertz CT molecular complexity index is 478. The first-order valence-electron chi connectivity index (χ1n) is 6.55. The van der Waals surface area contributed by atoms with Gasteiger partial charge in [0.25, 0.3) is 0 Å². The Morgan fingerprint density at radius 3 is 2.75 bits per heavy atom. The van der Waals surface area contributed by atoms with E-state index in [0.29, 0.717) is 13.2 Å². The van der Waals surface area contributed by atoms with Gasteiger partial charge < -0.3 is 20.7 Å². The lowest BCUT2D eigenvalue weighted by Crippen LogP contribution is -2.57. The number of morpholine rings is 1. The fourth-order valence-electron chi connectivity index (χ4n) is 2.23. The maximum absolute atomic E-state index is 12.5. The predicted molar refractivity (Wildman–Crippen MR) is 73.8 cm³/mol. The molecular formula is C14H19N3O3. The van der Waals surface area contributed by atoms with Gasteiger partial charge in [-0.3, -0.25) is 9.59 Å². The highest BCUT2D eigenvalue weighted by Crippen LogP contribution is 2.17. The van der Waals surface area contributed by atoms with E-state index in [0.717, 1.165) is 5.56 Å².